The molecule has 18 heavy (non-hydrogen) atoms. The zero-order valence-electron chi connectivity index (χ0n) is 10.5. The third-order valence-electron chi connectivity index (χ3n) is 3.35. The highest BCUT2D eigenvalue weighted by Crippen LogP contribution is 2.25. The molecule has 0 fully saturated rings. The SMILES string of the molecule is CC(=O)C[n+]1ccc2c([nH]c3ccccc32)c1C. The monoisotopic (exact) mass is 239 g/mol. The second kappa shape index (κ2) is 3.95. The van der Waals surface area contributed by atoms with Gasteiger partial charge in [-0.2, -0.15) is 4.57 Å². The van der Waals surface area contributed by atoms with Gasteiger partial charge in [0.25, 0.3) is 0 Å². The molecule has 0 aliphatic rings. The highest BCUT2D eigenvalue weighted by Gasteiger charge is 2.15. The number of rotatable bonds is 2. The van der Waals surface area contributed by atoms with Gasteiger partial charge >= 0.3 is 0 Å². The standard InChI is InChI=1S/C15H14N2O/c1-10(18)9-17-8-7-13-12-5-3-4-6-14(12)16-15(13)11(17)2/h3-8H,9H2,1-2H3/p+1. The number of hydrogen-bond acceptors (Lipinski definition) is 1. The predicted octanol–water partition coefficient (Wildman–Crippen LogP) is 2.51. The molecular weight excluding hydrogens is 224 g/mol. The lowest BCUT2D eigenvalue weighted by molar-refractivity contribution is -0.688. The summed E-state index contributed by atoms with van der Waals surface area (Å²) in [5, 5.41) is 2.44. The molecule has 0 atom stereocenters. The molecule has 90 valence electrons. The van der Waals surface area contributed by atoms with Gasteiger partial charge in [-0.05, 0) is 6.07 Å². The van der Waals surface area contributed by atoms with Crippen molar-refractivity contribution in [3.8, 4) is 0 Å². The minimum absolute atomic E-state index is 0.165. The van der Waals surface area contributed by atoms with Crippen LogP contribution >= 0.6 is 0 Å². The Bertz CT molecular complexity index is 756. The molecule has 0 aliphatic carbocycles. The van der Waals surface area contributed by atoms with E-state index in [0.29, 0.717) is 6.54 Å². The van der Waals surface area contributed by atoms with Crippen molar-refractivity contribution in [2.24, 2.45) is 0 Å². The molecule has 0 aliphatic heterocycles. The van der Waals surface area contributed by atoms with Gasteiger partial charge in [-0.3, -0.25) is 4.79 Å². The first-order valence-corrected chi connectivity index (χ1v) is 6.06. The first-order valence-electron chi connectivity index (χ1n) is 6.06. The number of fused-ring (bicyclic) bond motifs is 3. The Hall–Kier alpha value is -2.16. The summed E-state index contributed by atoms with van der Waals surface area (Å²) in [6, 6.07) is 10.3. The molecular formula is C15H15N2O+. The van der Waals surface area contributed by atoms with E-state index in [4.69, 9.17) is 0 Å². The fourth-order valence-electron chi connectivity index (χ4n) is 2.45. The third kappa shape index (κ3) is 1.59. The van der Waals surface area contributed by atoms with Crippen LogP contribution in [0.3, 0.4) is 0 Å². The van der Waals surface area contributed by atoms with Gasteiger partial charge < -0.3 is 4.98 Å². The van der Waals surface area contributed by atoms with Gasteiger partial charge in [0, 0.05) is 36.2 Å². The van der Waals surface area contributed by atoms with Crippen LogP contribution in [0.25, 0.3) is 21.8 Å². The topological polar surface area (TPSA) is 36.7 Å². The number of Topliss-reactive ketones (excluding diaryl/α,β-unsaturated/α-hetero) is 1. The number of para-hydroxylation sites is 1. The number of pyridine rings is 1. The average Bonchev–Trinajstić information content (AvgIpc) is 2.72. The van der Waals surface area contributed by atoms with Crippen LogP contribution in [0, 0.1) is 6.92 Å². The van der Waals surface area contributed by atoms with E-state index in [1.807, 2.05) is 29.8 Å². The first kappa shape index (κ1) is 11.0. The molecule has 3 heteroatoms. The van der Waals surface area contributed by atoms with Gasteiger partial charge in [0.15, 0.2) is 12.0 Å². The number of nitrogens with one attached hydrogen (secondary N) is 1. The molecule has 0 saturated heterocycles. The van der Waals surface area contributed by atoms with Crippen molar-refractivity contribution < 1.29 is 9.36 Å². The van der Waals surface area contributed by atoms with Gasteiger partial charge in [0.2, 0.25) is 12.2 Å². The van der Waals surface area contributed by atoms with Gasteiger partial charge in [0.05, 0.1) is 0 Å². The molecule has 2 heterocycles. The zero-order chi connectivity index (χ0) is 12.7. The van der Waals surface area contributed by atoms with Crippen LogP contribution in [0.2, 0.25) is 0 Å². The summed E-state index contributed by atoms with van der Waals surface area (Å²) >= 11 is 0. The molecule has 0 unspecified atom stereocenters. The van der Waals surface area contributed by atoms with Crippen molar-refractivity contribution in [2.75, 3.05) is 0 Å². The number of carbonyl (C=O) groups excluding carboxylic acids is 1. The Morgan fingerprint density at radius 1 is 1.22 bits per heavy atom. The van der Waals surface area contributed by atoms with E-state index in [-0.39, 0.29) is 5.78 Å². The fourth-order valence-corrected chi connectivity index (χ4v) is 2.45. The molecule has 0 amide bonds. The van der Waals surface area contributed by atoms with E-state index in [2.05, 4.69) is 23.2 Å². The maximum absolute atomic E-state index is 11.2. The van der Waals surface area contributed by atoms with Crippen LogP contribution in [0.5, 0.6) is 0 Å². The van der Waals surface area contributed by atoms with Crippen LogP contribution in [-0.4, -0.2) is 10.8 Å². The number of ketones is 1. The second-order valence-electron chi connectivity index (χ2n) is 4.69. The maximum atomic E-state index is 11.2. The highest BCUT2D eigenvalue weighted by atomic mass is 16.1. The molecule has 2 aromatic heterocycles. The lowest BCUT2D eigenvalue weighted by Crippen LogP contribution is -2.39. The Morgan fingerprint density at radius 2 is 2.00 bits per heavy atom. The first-order chi connectivity index (χ1) is 8.66. The van der Waals surface area contributed by atoms with Crippen LogP contribution in [-0.2, 0) is 11.3 Å². The number of aromatic nitrogens is 2. The number of carbonyl (C=O) groups is 1. The van der Waals surface area contributed by atoms with Gasteiger partial charge in [-0.15, -0.1) is 0 Å². The summed E-state index contributed by atoms with van der Waals surface area (Å²) in [7, 11) is 0. The molecule has 0 radical (unpaired) electrons. The Morgan fingerprint density at radius 3 is 2.78 bits per heavy atom. The minimum Gasteiger partial charge on any atom is -0.349 e. The number of hydrogen-bond donors (Lipinski definition) is 1. The van der Waals surface area contributed by atoms with Crippen LogP contribution in [0.1, 0.15) is 12.6 Å². The summed E-state index contributed by atoms with van der Waals surface area (Å²) < 4.78 is 1.99. The van der Waals surface area contributed by atoms with E-state index in [1.54, 1.807) is 6.92 Å². The van der Waals surface area contributed by atoms with Crippen LogP contribution in [0.4, 0.5) is 0 Å². The zero-order valence-corrected chi connectivity index (χ0v) is 10.5. The Kier molecular flexibility index (Phi) is 2.40. The number of aryl methyl sites for hydroxylation is 1. The average molecular weight is 239 g/mol. The Balaban J connectivity index is 2.32. The van der Waals surface area contributed by atoms with Crippen molar-refractivity contribution >= 4 is 27.6 Å². The molecule has 3 aromatic rings. The summed E-state index contributed by atoms with van der Waals surface area (Å²) in [5.41, 5.74) is 3.34. The second-order valence-corrected chi connectivity index (χ2v) is 4.69. The van der Waals surface area contributed by atoms with E-state index in [9.17, 15) is 4.79 Å². The van der Waals surface area contributed by atoms with Crippen LogP contribution in [0.15, 0.2) is 36.5 Å². The highest BCUT2D eigenvalue weighted by molar-refractivity contribution is 6.07. The van der Waals surface area contributed by atoms with Gasteiger partial charge in [-0.1, -0.05) is 18.2 Å². The Labute approximate surface area is 105 Å². The lowest BCUT2D eigenvalue weighted by Gasteiger charge is -1.99. The smallest absolute Gasteiger partial charge is 0.206 e. The van der Waals surface area contributed by atoms with Crippen molar-refractivity contribution in [2.45, 2.75) is 20.4 Å². The van der Waals surface area contributed by atoms with Crippen molar-refractivity contribution in [1.82, 2.24) is 4.98 Å². The van der Waals surface area contributed by atoms with Crippen molar-refractivity contribution in [3.63, 3.8) is 0 Å². The molecule has 1 N–H and O–H groups in total. The van der Waals surface area contributed by atoms with E-state index in [1.165, 1.54) is 10.8 Å². The molecule has 0 saturated carbocycles. The fraction of sp³-hybridized carbons (Fsp3) is 0.200. The van der Waals surface area contributed by atoms with Gasteiger partial charge in [-0.25, -0.2) is 0 Å². The van der Waals surface area contributed by atoms with Crippen molar-refractivity contribution in [1.29, 1.82) is 0 Å². The number of H-pyrrole nitrogens is 1. The number of nitrogens with zero attached hydrogens (tertiary/aromatic N) is 1. The summed E-state index contributed by atoms with van der Waals surface area (Å²) in [6.45, 7) is 4.08. The third-order valence-corrected chi connectivity index (χ3v) is 3.35. The lowest BCUT2D eigenvalue weighted by atomic mass is 10.1. The maximum Gasteiger partial charge on any atom is 0.206 e. The van der Waals surface area contributed by atoms with Crippen LogP contribution < -0.4 is 4.57 Å². The molecule has 0 bridgehead atoms. The quantitative estimate of drug-likeness (QED) is 0.685. The predicted molar refractivity (Wildman–Crippen MR) is 71.4 cm³/mol. The molecule has 1 aromatic carbocycles. The largest absolute Gasteiger partial charge is 0.349 e. The molecule has 3 rings (SSSR count). The van der Waals surface area contributed by atoms with E-state index < -0.39 is 0 Å². The normalized spacial score (nSPS) is 11.2. The summed E-state index contributed by atoms with van der Waals surface area (Å²) in [4.78, 5) is 14.7. The summed E-state index contributed by atoms with van der Waals surface area (Å²) in [6.07, 6.45) is 1.99. The van der Waals surface area contributed by atoms with Gasteiger partial charge in [0.1, 0.15) is 5.52 Å². The number of aromatic amines is 1. The summed E-state index contributed by atoms with van der Waals surface area (Å²) in [5.74, 6) is 0.165. The van der Waals surface area contributed by atoms with E-state index >= 15 is 0 Å². The van der Waals surface area contributed by atoms with E-state index in [0.717, 1.165) is 16.7 Å². The number of benzene rings is 1. The molecule has 3 nitrogen and oxygen atoms in total. The minimum atomic E-state index is 0.165. The van der Waals surface area contributed by atoms with Crippen molar-refractivity contribution in [3.05, 3.63) is 42.2 Å². The molecule has 0 spiro atoms.